The molecular weight excluding hydrogens is 182 g/mol. The number of hydrogen-bond donors (Lipinski definition) is 1. The van der Waals surface area contributed by atoms with Crippen LogP contribution >= 0.6 is 0 Å². The number of nitrogens with one attached hydrogen (secondary N) is 1. The van der Waals surface area contributed by atoms with Gasteiger partial charge < -0.3 is 5.32 Å². The smallest absolute Gasteiger partial charge is 0.000760 e. The predicted octanol–water partition coefficient (Wildman–Crippen LogP) is 4.08. The molecule has 0 heterocycles. The van der Waals surface area contributed by atoms with Gasteiger partial charge in [-0.2, -0.15) is 0 Å². The van der Waals surface area contributed by atoms with Crippen LogP contribution in [0, 0.1) is 17.3 Å². The van der Waals surface area contributed by atoms with Gasteiger partial charge in [0, 0.05) is 6.54 Å². The molecule has 1 heteroatoms. The predicted molar refractivity (Wildman–Crippen MR) is 70.2 cm³/mol. The van der Waals surface area contributed by atoms with Crippen molar-refractivity contribution in [3.8, 4) is 0 Å². The van der Waals surface area contributed by atoms with Crippen LogP contribution in [0.4, 0.5) is 0 Å². The van der Waals surface area contributed by atoms with Crippen molar-refractivity contribution >= 4 is 0 Å². The van der Waals surface area contributed by atoms with E-state index >= 15 is 0 Å². The fourth-order valence-corrected chi connectivity index (χ4v) is 2.16. The van der Waals surface area contributed by atoms with Crippen LogP contribution in [0.2, 0.25) is 0 Å². The van der Waals surface area contributed by atoms with Crippen molar-refractivity contribution in [2.45, 2.75) is 60.8 Å². The largest absolute Gasteiger partial charge is 0.316 e. The third-order valence-corrected chi connectivity index (χ3v) is 4.08. The summed E-state index contributed by atoms with van der Waals surface area (Å²) in [4.78, 5) is 0. The summed E-state index contributed by atoms with van der Waals surface area (Å²) in [5.74, 6) is 1.66. The van der Waals surface area contributed by atoms with Gasteiger partial charge in [0.2, 0.25) is 0 Å². The Kier molecular flexibility index (Phi) is 7.25. The third kappa shape index (κ3) is 5.01. The molecule has 15 heavy (non-hydrogen) atoms. The van der Waals surface area contributed by atoms with E-state index in [1.54, 1.807) is 0 Å². The molecule has 92 valence electrons. The van der Waals surface area contributed by atoms with Crippen molar-refractivity contribution in [1.82, 2.24) is 5.32 Å². The van der Waals surface area contributed by atoms with Gasteiger partial charge in [0.1, 0.15) is 0 Å². The maximum absolute atomic E-state index is 3.52. The molecule has 0 radical (unpaired) electrons. The maximum atomic E-state index is 3.52. The molecule has 0 saturated carbocycles. The summed E-state index contributed by atoms with van der Waals surface area (Å²) >= 11 is 0. The van der Waals surface area contributed by atoms with Crippen molar-refractivity contribution < 1.29 is 0 Å². The van der Waals surface area contributed by atoms with E-state index < -0.39 is 0 Å². The zero-order valence-electron chi connectivity index (χ0n) is 11.7. The first-order valence-electron chi connectivity index (χ1n) is 6.70. The van der Waals surface area contributed by atoms with Crippen LogP contribution in [0.25, 0.3) is 0 Å². The molecule has 0 aromatic rings. The van der Waals surface area contributed by atoms with Crippen LogP contribution in [-0.4, -0.2) is 13.1 Å². The minimum Gasteiger partial charge on any atom is -0.316 e. The normalized spacial score (nSPS) is 16.0. The minimum atomic E-state index is 0.465. The van der Waals surface area contributed by atoms with E-state index in [0.717, 1.165) is 24.9 Å². The summed E-state index contributed by atoms with van der Waals surface area (Å²) in [6.45, 7) is 16.3. The Hall–Kier alpha value is -0.0400. The molecule has 0 amide bonds. The Balaban J connectivity index is 4.35. The van der Waals surface area contributed by atoms with Gasteiger partial charge in [0.15, 0.2) is 0 Å². The molecule has 0 aliphatic heterocycles. The number of hydrogen-bond acceptors (Lipinski definition) is 1. The van der Waals surface area contributed by atoms with Crippen molar-refractivity contribution in [3.63, 3.8) is 0 Å². The van der Waals surface area contributed by atoms with Crippen molar-refractivity contribution in [2.24, 2.45) is 17.3 Å². The van der Waals surface area contributed by atoms with E-state index in [1.165, 1.54) is 19.3 Å². The van der Waals surface area contributed by atoms with Crippen LogP contribution in [0.1, 0.15) is 60.8 Å². The van der Waals surface area contributed by atoms with Gasteiger partial charge in [-0.25, -0.2) is 0 Å². The fraction of sp³-hybridized carbons (Fsp3) is 1.00. The van der Waals surface area contributed by atoms with Crippen LogP contribution in [0.3, 0.4) is 0 Å². The molecule has 0 aromatic heterocycles. The summed E-state index contributed by atoms with van der Waals surface area (Å²) in [7, 11) is 0. The molecule has 0 bridgehead atoms. The highest BCUT2D eigenvalue weighted by Gasteiger charge is 2.29. The molecule has 0 aliphatic carbocycles. The lowest BCUT2D eigenvalue weighted by Gasteiger charge is -2.37. The lowest BCUT2D eigenvalue weighted by atomic mass is 9.71. The average molecular weight is 213 g/mol. The summed E-state index contributed by atoms with van der Waals surface area (Å²) < 4.78 is 0. The van der Waals surface area contributed by atoms with Crippen molar-refractivity contribution in [3.05, 3.63) is 0 Å². The minimum absolute atomic E-state index is 0.465. The molecule has 0 aliphatic rings. The van der Waals surface area contributed by atoms with Gasteiger partial charge in [-0.15, -0.1) is 0 Å². The SMILES string of the molecule is CCNCC(C)(CC(CC)CC)C(C)C. The lowest BCUT2D eigenvalue weighted by molar-refractivity contribution is 0.153. The van der Waals surface area contributed by atoms with Crippen molar-refractivity contribution in [1.29, 1.82) is 0 Å². The van der Waals surface area contributed by atoms with Gasteiger partial charge >= 0.3 is 0 Å². The molecule has 0 saturated heterocycles. The first-order chi connectivity index (χ1) is 7.00. The zero-order chi connectivity index (χ0) is 11.9. The topological polar surface area (TPSA) is 12.0 Å². The molecule has 1 unspecified atom stereocenters. The fourth-order valence-electron chi connectivity index (χ4n) is 2.16. The Morgan fingerprint density at radius 3 is 1.93 bits per heavy atom. The van der Waals surface area contributed by atoms with E-state index in [4.69, 9.17) is 0 Å². The van der Waals surface area contributed by atoms with Crippen molar-refractivity contribution in [2.75, 3.05) is 13.1 Å². The van der Waals surface area contributed by atoms with E-state index in [2.05, 4.69) is 46.9 Å². The Morgan fingerprint density at radius 2 is 1.60 bits per heavy atom. The van der Waals surface area contributed by atoms with E-state index in [0.29, 0.717) is 5.41 Å². The lowest BCUT2D eigenvalue weighted by Crippen LogP contribution is -2.37. The molecular formula is C14H31N. The summed E-state index contributed by atoms with van der Waals surface area (Å²) in [5, 5.41) is 3.52. The molecule has 1 atom stereocenters. The Bertz CT molecular complexity index is 149. The van der Waals surface area contributed by atoms with E-state index in [-0.39, 0.29) is 0 Å². The number of rotatable bonds is 8. The van der Waals surface area contributed by atoms with Crippen LogP contribution in [-0.2, 0) is 0 Å². The van der Waals surface area contributed by atoms with Gasteiger partial charge in [0.25, 0.3) is 0 Å². The van der Waals surface area contributed by atoms with Gasteiger partial charge in [-0.05, 0) is 30.2 Å². The molecule has 1 N–H and O–H groups in total. The van der Waals surface area contributed by atoms with Gasteiger partial charge in [-0.1, -0.05) is 54.4 Å². The Morgan fingerprint density at radius 1 is 1.07 bits per heavy atom. The Labute approximate surface area is 97.0 Å². The quantitative estimate of drug-likeness (QED) is 0.640. The molecule has 0 spiro atoms. The monoisotopic (exact) mass is 213 g/mol. The highest BCUT2D eigenvalue weighted by molar-refractivity contribution is 4.82. The first kappa shape index (κ1) is 15.0. The highest BCUT2D eigenvalue weighted by Crippen LogP contribution is 2.35. The second kappa shape index (κ2) is 7.27. The summed E-state index contributed by atoms with van der Waals surface area (Å²) in [5.41, 5.74) is 0.465. The van der Waals surface area contributed by atoms with Gasteiger partial charge in [0.05, 0.1) is 0 Å². The standard InChI is InChI=1S/C14H31N/c1-7-13(8-2)10-14(6,12(4)5)11-15-9-3/h12-13,15H,7-11H2,1-6H3. The second-order valence-electron chi connectivity index (χ2n) is 5.48. The van der Waals surface area contributed by atoms with Crippen LogP contribution in [0.5, 0.6) is 0 Å². The average Bonchev–Trinajstić information content (AvgIpc) is 2.22. The summed E-state index contributed by atoms with van der Waals surface area (Å²) in [6, 6.07) is 0. The molecule has 0 aromatic carbocycles. The maximum Gasteiger partial charge on any atom is 0.000760 e. The second-order valence-corrected chi connectivity index (χ2v) is 5.48. The summed E-state index contributed by atoms with van der Waals surface area (Å²) in [6.07, 6.45) is 4.01. The van der Waals surface area contributed by atoms with Gasteiger partial charge in [-0.3, -0.25) is 0 Å². The molecule has 1 nitrogen and oxygen atoms in total. The van der Waals surface area contributed by atoms with E-state index in [9.17, 15) is 0 Å². The van der Waals surface area contributed by atoms with Crippen LogP contribution < -0.4 is 5.32 Å². The molecule has 0 rings (SSSR count). The van der Waals surface area contributed by atoms with Crippen LogP contribution in [0.15, 0.2) is 0 Å². The zero-order valence-corrected chi connectivity index (χ0v) is 11.7. The third-order valence-electron chi connectivity index (χ3n) is 4.08. The van der Waals surface area contributed by atoms with E-state index in [1.807, 2.05) is 0 Å². The highest BCUT2D eigenvalue weighted by atomic mass is 14.9. The molecule has 0 fully saturated rings. The first-order valence-corrected chi connectivity index (χ1v) is 6.70.